The Balaban J connectivity index is 1.88. The summed E-state index contributed by atoms with van der Waals surface area (Å²) in [6, 6.07) is 14.2. The lowest BCUT2D eigenvalue weighted by Gasteiger charge is -2.17. The second kappa shape index (κ2) is 8.15. The summed E-state index contributed by atoms with van der Waals surface area (Å²) >= 11 is 0. The van der Waals surface area contributed by atoms with Gasteiger partial charge in [0, 0.05) is 5.69 Å². The second-order valence-electron chi connectivity index (χ2n) is 5.64. The molecule has 0 spiro atoms. The lowest BCUT2D eigenvalue weighted by atomic mass is 10.0. The highest BCUT2D eigenvalue weighted by Crippen LogP contribution is 2.17. The molecule has 0 unspecified atom stereocenters. The molecule has 0 saturated carbocycles. The molecule has 0 radical (unpaired) electrons. The van der Waals surface area contributed by atoms with Crippen molar-refractivity contribution in [2.45, 2.75) is 26.3 Å². The quantitative estimate of drug-likeness (QED) is 0.631. The van der Waals surface area contributed by atoms with Crippen molar-refractivity contribution in [3.63, 3.8) is 0 Å². The highest BCUT2D eigenvalue weighted by molar-refractivity contribution is 5.91. The van der Waals surface area contributed by atoms with Gasteiger partial charge in [0.1, 0.15) is 0 Å². The molecule has 0 aliphatic rings. The van der Waals surface area contributed by atoms with Crippen molar-refractivity contribution in [1.29, 1.82) is 0 Å². The molecule has 126 valence electrons. The Kier molecular flexibility index (Phi) is 5.95. The van der Waals surface area contributed by atoms with Gasteiger partial charge in [0.25, 0.3) is 5.91 Å². The molecule has 0 fully saturated rings. The first-order chi connectivity index (χ1) is 11.5. The molecule has 0 heterocycles. The number of aryl methyl sites for hydroxylation is 1. The number of hydrogen-bond donors (Lipinski definition) is 2. The van der Waals surface area contributed by atoms with Gasteiger partial charge in [-0.1, -0.05) is 36.8 Å². The Labute approximate surface area is 141 Å². The van der Waals surface area contributed by atoms with Gasteiger partial charge in [-0.3, -0.25) is 4.79 Å². The van der Waals surface area contributed by atoms with Gasteiger partial charge >= 0.3 is 5.97 Å². The minimum atomic E-state index is -0.548. The van der Waals surface area contributed by atoms with Gasteiger partial charge in [0.2, 0.25) is 0 Å². The third-order valence-electron chi connectivity index (χ3n) is 3.70. The van der Waals surface area contributed by atoms with Crippen LogP contribution in [0.25, 0.3) is 0 Å². The van der Waals surface area contributed by atoms with E-state index in [0.717, 1.165) is 17.5 Å². The van der Waals surface area contributed by atoms with Crippen LogP contribution in [0.2, 0.25) is 0 Å². The first kappa shape index (κ1) is 17.5. The number of rotatable bonds is 6. The van der Waals surface area contributed by atoms with Crippen LogP contribution in [-0.2, 0) is 9.53 Å². The highest BCUT2D eigenvalue weighted by Gasteiger charge is 2.15. The Bertz CT molecular complexity index is 694. The van der Waals surface area contributed by atoms with Crippen LogP contribution in [0, 0.1) is 6.92 Å². The average molecular weight is 326 g/mol. The summed E-state index contributed by atoms with van der Waals surface area (Å²) in [6.07, 6.45) is 0.751. The summed E-state index contributed by atoms with van der Waals surface area (Å²) in [5.41, 5.74) is 8.69. The van der Waals surface area contributed by atoms with Crippen LogP contribution in [0.4, 0.5) is 5.69 Å². The Morgan fingerprint density at radius 3 is 2.29 bits per heavy atom. The molecule has 0 aliphatic heterocycles. The normalized spacial score (nSPS) is 11.6. The average Bonchev–Trinajstić information content (AvgIpc) is 2.59. The molecule has 0 saturated heterocycles. The number of amides is 1. The minimum absolute atomic E-state index is 0.103. The molecule has 1 atom stereocenters. The number of benzene rings is 2. The van der Waals surface area contributed by atoms with Crippen LogP contribution in [0.15, 0.2) is 48.5 Å². The van der Waals surface area contributed by atoms with Crippen molar-refractivity contribution in [3.05, 3.63) is 65.2 Å². The number of ether oxygens (including phenoxy) is 1. The van der Waals surface area contributed by atoms with Crippen LogP contribution >= 0.6 is 0 Å². The summed E-state index contributed by atoms with van der Waals surface area (Å²) in [6.45, 7) is 3.69. The number of carbonyl (C=O) groups excluding carboxylic acids is 2. The molecule has 0 aromatic heterocycles. The fourth-order valence-corrected chi connectivity index (χ4v) is 2.29. The van der Waals surface area contributed by atoms with Crippen molar-refractivity contribution < 1.29 is 14.3 Å². The van der Waals surface area contributed by atoms with Gasteiger partial charge < -0.3 is 15.8 Å². The predicted molar refractivity (Wildman–Crippen MR) is 93.5 cm³/mol. The Morgan fingerprint density at radius 2 is 1.71 bits per heavy atom. The molecule has 2 aromatic rings. The molecule has 0 bridgehead atoms. The van der Waals surface area contributed by atoms with E-state index in [1.54, 1.807) is 24.3 Å². The monoisotopic (exact) mass is 326 g/mol. The highest BCUT2D eigenvalue weighted by atomic mass is 16.5. The van der Waals surface area contributed by atoms with Crippen LogP contribution in [0.1, 0.15) is 40.9 Å². The fraction of sp³-hybridized carbons (Fsp3) is 0.263. The van der Waals surface area contributed by atoms with E-state index in [1.165, 1.54) is 0 Å². The molecular weight excluding hydrogens is 304 g/mol. The third kappa shape index (κ3) is 4.84. The fourth-order valence-electron chi connectivity index (χ4n) is 2.29. The summed E-state index contributed by atoms with van der Waals surface area (Å²) in [5.74, 6) is -0.875. The van der Waals surface area contributed by atoms with E-state index in [-0.39, 0.29) is 18.6 Å². The van der Waals surface area contributed by atoms with Crippen molar-refractivity contribution in [1.82, 2.24) is 5.32 Å². The summed E-state index contributed by atoms with van der Waals surface area (Å²) in [5, 5.41) is 2.88. The number of anilines is 1. The topological polar surface area (TPSA) is 81.4 Å². The lowest BCUT2D eigenvalue weighted by Crippen LogP contribution is -2.32. The largest absolute Gasteiger partial charge is 0.452 e. The maximum Gasteiger partial charge on any atom is 0.338 e. The Hall–Kier alpha value is -2.82. The molecule has 2 aromatic carbocycles. The van der Waals surface area contributed by atoms with Gasteiger partial charge in [-0.15, -0.1) is 0 Å². The zero-order valence-electron chi connectivity index (χ0n) is 13.9. The summed E-state index contributed by atoms with van der Waals surface area (Å²) in [7, 11) is 0. The van der Waals surface area contributed by atoms with Crippen molar-refractivity contribution in [2.75, 3.05) is 12.3 Å². The summed E-state index contributed by atoms with van der Waals surface area (Å²) in [4.78, 5) is 23.9. The molecule has 24 heavy (non-hydrogen) atoms. The number of nitrogens with two attached hydrogens (primary N) is 1. The maximum atomic E-state index is 12.0. The third-order valence-corrected chi connectivity index (χ3v) is 3.70. The van der Waals surface area contributed by atoms with E-state index < -0.39 is 5.97 Å². The number of carbonyl (C=O) groups is 2. The van der Waals surface area contributed by atoms with Gasteiger partial charge in [-0.25, -0.2) is 4.79 Å². The van der Waals surface area contributed by atoms with Gasteiger partial charge in [0.05, 0.1) is 11.6 Å². The van der Waals surface area contributed by atoms with Gasteiger partial charge in [-0.05, 0) is 43.2 Å². The van der Waals surface area contributed by atoms with Crippen molar-refractivity contribution in [3.8, 4) is 0 Å². The first-order valence-corrected chi connectivity index (χ1v) is 7.88. The standard InChI is InChI=1S/C19H22N2O3/c1-3-17(14-6-4-13(2)5-7-14)21-18(22)12-24-19(23)15-8-10-16(20)11-9-15/h4-11,17H,3,12,20H2,1-2H3,(H,21,22)/t17-/m0/s1. The number of esters is 1. The smallest absolute Gasteiger partial charge is 0.338 e. The van der Waals surface area contributed by atoms with E-state index in [4.69, 9.17) is 10.5 Å². The summed E-state index contributed by atoms with van der Waals surface area (Å²) < 4.78 is 5.04. The van der Waals surface area contributed by atoms with E-state index >= 15 is 0 Å². The first-order valence-electron chi connectivity index (χ1n) is 7.88. The zero-order valence-corrected chi connectivity index (χ0v) is 13.9. The van der Waals surface area contributed by atoms with Crippen molar-refractivity contribution >= 4 is 17.6 Å². The van der Waals surface area contributed by atoms with E-state index in [1.807, 2.05) is 38.1 Å². The minimum Gasteiger partial charge on any atom is -0.452 e. The van der Waals surface area contributed by atoms with E-state index in [2.05, 4.69) is 5.32 Å². The van der Waals surface area contributed by atoms with Crippen LogP contribution in [0.5, 0.6) is 0 Å². The van der Waals surface area contributed by atoms with Crippen LogP contribution in [0.3, 0.4) is 0 Å². The number of nitrogens with one attached hydrogen (secondary N) is 1. The van der Waals surface area contributed by atoms with E-state index in [9.17, 15) is 9.59 Å². The van der Waals surface area contributed by atoms with E-state index in [0.29, 0.717) is 11.3 Å². The molecular formula is C19H22N2O3. The SMILES string of the molecule is CC[C@H](NC(=O)COC(=O)c1ccc(N)cc1)c1ccc(C)cc1. The molecule has 1 amide bonds. The molecule has 3 N–H and O–H groups in total. The molecule has 5 nitrogen and oxygen atoms in total. The van der Waals surface area contributed by atoms with Gasteiger partial charge in [-0.2, -0.15) is 0 Å². The molecule has 5 heteroatoms. The lowest BCUT2D eigenvalue weighted by molar-refractivity contribution is -0.125. The number of nitrogen functional groups attached to an aromatic ring is 1. The molecule has 0 aliphatic carbocycles. The zero-order chi connectivity index (χ0) is 17.5. The number of hydrogen-bond acceptors (Lipinski definition) is 4. The second-order valence-corrected chi connectivity index (χ2v) is 5.64. The Morgan fingerprint density at radius 1 is 1.08 bits per heavy atom. The van der Waals surface area contributed by atoms with Crippen molar-refractivity contribution in [2.24, 2.45) is 0 Å². The van der Waals surface area contributed by atoms with Gasteiger partial charge in [0.15, 0.2) is 6.61 Å². The van der Waals surface area contributed by atoms with Crippen LogP contribution < -0.4 is 11.1 Å². The predicted octanol–water partition coefficient (Wildman–Crippen LogP) is 3.00. The van der Waals surface area contributed by atoms with Crippen LogP contribution in [-0.4, -0.2) is 18.5 Å². The molecule has 2 rings (SSSR count). The maximum absolute atomic E-state index is 12.0.